The number of halogens is 1. The third kappa shape index (κ3) is 3.19. The van der Waals surface area contributed by atoms with Crippen molar-refractivity contribution in [2.45, 2.75) is 32.2 Å². The average Bonchev–Trinajstić information content (AvgIpc) is 3.29. The number of imidazole rings is 1. The van der Waals surface area contributed by atoms with Gasteiger partial charge in [-0.05, 0) is 36.8 Å². The van der Waals surface area contributed by atoms with Gasteiger partial charge in [-0.25, -0.2) is 19.3 Å². The number of anilines is 1. The van der Waals surface area contributed by atoms with Gasteiger partial charge in [-0.1, -0.05) is 25.1 Å². The van der Waals surface area contributed by atoms with E-state index < -0.39 is 6.04 Å². The first-order chi connectivity index (χ1) is 14.1. The minimum Gasteiger partial charge on any atom is -0.355 e. The lowest BCUT2D eigenvalue weighted by Crippen LogP contribution is -2.19. The molecule has 29 heavy (non-hydrogen) atoms. The monoisotopic (exact) mass is 407 g/mol. The molecule has 5 nitrogen and oxygen atoms in total. The van der Waals surface area contributed by atoms with Gasteiger partial charge in [-0.2, -0.15) is 0 Å². The lowest BCUT2D eigenvalue weighted by molar-refractivity contribution is 0.509. The standard InChI is InChI=1S/C22H22FN5S/c1-13-7-8-15-17(11-13)29-22-18(15)20(25-12-26-22)27-19(21-24-9-10-28(21)2)14-5-3-4-6-16(14)23/h3-6,9-10,12-13,19H,7-8,11H2,1-2H3,(H,25,26,27)/t13-,19-/m1/s1. The Bertz CT molecular complexity index is 1180. The summed E-state index contributed by atoms with van der Waals surface area (Å²) in [6, 6.07) is 6.38. The van der Waals surface area contributed by atoms with Crippen molar-refractivity contribution in [1.82, 2.24) is 19.5 Å². The molecular weight excluding hydrogens is 385 g/mol. The van der Waals surface area contributed by atoms with E-state index in [4.69, 9.17) is 0 Å². The Labute approximate surface area is 172 Å². The van der Waals surface area contributed by atoms with Crippen molar-refractivity contribution in [1.29, 1.82) is 0 Å². The molecule has 0 saturated carbocycles. The van der Waals surface area contributed by atoms with Gasteiger partial charge in [0, 0.05) is 29.9 Å². The molecule has 0 fully saturated rings. The van der Waals surface area contributed by atoms with Crippen LogP contribution in [0.5, 0.6) is 0 Å². The summed E-state index contributed by atoms with van der Waals surface area (Å²) in [5.41, 5.74) is 1.89. The first kappa shape index (κ1) is 18.2. The van der Waals surface area contributed by atoms with E-state index in [1.807, 2.05) is 23.9 Å². The summed E-state index contributed by atoms with van der Waals surface area (Å²) in [5.74, 6) is 1.91. The smallest absolute Gasteiger partial charge is 0.139 e. The second-order valence-electron chi connectivity index (χ2n) is 7.75. The number of nitrogens with one attached hydrogen (secondary N) is 1. The SMILES string of the molecule is C[C@@H]1CCc2c(sc3ncnc(N[C@H](c4ccccc4F)c4nccn4C)c23)C1. The molecule has 1 aliphatic carbocycles. The van der Waals surface area contributed by atoms with E-state index in [2.05, 4.69) is 27.2 Å². The minimum absolute atomic E-state index is 0.264. The molecule has 0 unspecified atom stereocenters. The molecule has 1 N–H and O–H groups in total. The van der Waals surface area contributed by atoms with Gasteiger partial charge in [0.1, 0.15) is 34.7 Å². The van der Waals surface area contributed by atoms with Crippen molar-refractivity contribution in [2.75, 3.05) is 5.32 Å². The molecule has 1 aliphatic rings. The molecule has 1 aromatic carbocycles. The number of benzene rings is 1. The molecule has 148 valence electrons. The van der Waals surface area contributed by atoms with E-state index in [0.717, 1.165) is 34.7 Å². The number of hydrogen-bond acceptors (Lipinski definition) is 5. The van der Waals surface area contributed by atoms with Gasteiger partial charge in [-0.3, -0.25) is 0 Å². The summed E-state index contributed by atoms with van der Waals surface area (Å²) in [7, 11) is 1.92. The summed E-state index contributed by atoms with van der Waals surface area (Å²) < 4.78 is 16.6. The summed E-state index contributed by atoms with van der Waals surface area (Å²) in [5, 5.41) is 4.58. The highest BCUT2D eigenvalue weighted by Gasteiger charge is 2.26. The van der Waals surface area contributed by atoms with Gasteiger partial charge in [-0.15, -0.1) is 11.3 Å². The van der Waals surface area contributed by atoms with Crippen molar-refractivity contribution in [3.63, 3.8) is 0 Å². The largest absolute Gasteiger partial charge is 0.355 e. The van der Waals surface area contributed by atoms with Crippen LogP contribution in [-0.2, 0) is 19.9 Å². The maximum atomic E-state index is 14.7. The van der Waals surface area contributed by atoms with E-state index in [-0.39, 0.29) is 5.82 Å². The van der Waals surface area contributed by atoms with Crippen LogP contribution < -0.4 is 5.32 Å². The number of hydrogen-bond donors (Lipinski definition) is 1. The first-order valence-corrected chi connectivity index (χ1v) is 10.7. The van der Waals surface area contributed by atoms with Gasteiger partial charge < -0.3 is 9.88 Å². The Morgan fingerprint density at radius 2 is 2.10 bits per heavy atom. The van der Waals surface area contributed by atoms with E-state index in [0.29, 0.717) is 11.5 Å². The molecule has 0 saturated heterocycles. The number of nitrogens with zero attached hydrogens (tertiary/aromatic N) is 4. The van der Waals surface area contributed by atoms with E-state index in [1.54, 1.807) is 36.0 Å². The van der Waals surface area contributed by atoms with E-state index in [9.17, 15) is 4.39 Å². The van der Waals surface area contributed by atoms with Gasteiger partial charge in [0.25, 0.3) is 0 Å². The van der Waals surface area contributed by atoms with E-state index >= 15 is 0 Å². The van der Waals surface area contributed by atoms with Crippen LogP contribution in [0.25, 0.3) is 10.2 Å². The molecule has 7 heteroatoms. The minimum atomic E-state index is -0.452. The number of fused-ring (bicyclic) bond motifs is 3. The quantitative estimate of drug-likeness (QED) is 0.523. The predicted octanol–water partition coefficient (Wildman–Crippen LogP) is 4.89. The second-order valence-corrected chi connectivity index (χ2v) is 8.83. The van der Waals surface area contributed by atoms with Crippen LogP contribution >= 0.6 is 11.3 Å². The Morgan fingerprint density at radius 3 is 2.90 bits per heavy atom. The predicted molar refractivity (Wildman–Crippen MR) is 114 cm³/mol. The van der Waals surface area contributed by atoms with Crippen molar-refractivity contribution in [2.24, 2.45) is 13.0 Å². The van der Waals surface area contributed by atoms with Crippen LogP contribution in [0.15, 0.2) is 43.0 Å². The third-order valence-electron chi connectivity index (χ3n) is 5.71. The number of aromatic nitrogens is 4. The molecule has 0 amide bonds. The van der Waals surface area contributed by atoms with Crippen molar-refractivity contribution in [3.8, 4) is 0 Å². The van der Waals surface area contributed by atoms with Crippen LogP contribution in [0.1, 0.15) is 41.2 Å². The summed E-state index contributed by atoms with van der Waals surface area (Å²) >= 11 is 1.76. The van der Waals surface area contributed by atoms with Crippen LogP contribution in [-0.4, -0.2) is 19.5 Å². The molecule has 0 radical (unpaired) electrons. The molecule has 0 bridgehead atoms. The number of thiophene rings is 1. The fraction of sp³-hybridized carbons (Fsp3) is 0.318. The highest BCUT2D eigenvalue weighted by molar-refractivity contribution is 7.19. The average molecular weight is 408 g/mol. The molecule has 0 spiro atoms. The Hall–Kier alpha value is -2.80. The maximum absolute atomic E-state index is 14.7. The molecule has 2 atom stereocenters. The molecule has 3 heterocycles. The molecule has 5 rings (SSSR count). The Morgan fingerprint density at radius 1 is 1.24 bits per heavy atom. The van der Waals surface area contributed by atoms with Gasteiger partial charge >= 0.3 is 0 Å². The van der Waals surface area contributed by atoms with Crippen molar-refractivity contribution < 1.29 is 4.39 Å². The zero-order valence-electron chi connectivity index (χ0n) is 16.4. The Balaban J connectivity index is 1.64. The fourth-order valence-corrected chi connectivity index (χ4v) is 5.52. The van der Waals surface area contributed by atoms with E-state index in [1.165, 1.54) is 22.9 Å². The molecule has 0 aliphatic heterocycles. The van der Waals surface area contributed by atoms with Gasteiger partial charge in [0.05, 0.1) is 5.39 Å². The second kappa shape index (κ2) is 7.22. The zero-order valence-corrected chi connectivity index (χ0v) is 17.2. The zero-order chi connectivity index (χ0) is 20.0. The van der Waals surface area contributed by atoms with Crippen molar-refractivity contribution >= 4 is 27.4 Å². The van der Waals surface area contributed by atoms with Crippen LogP contribution in [0.4, 0.5) is 10.2 Å². The fourth-order valence-electron chi connectivity index (χ4n) is 4.17. The van der Waals surface area contributed by atoms with Gasteiger partial charge in [0.2, 0.25) is 0 Å². The third-order valence-corrected chi connectivity index (χ3v) is 6.87. The maximum Gasteiger partial charge on any atom is 0.139 e. The lowest BCUT2D eigenvalue weighted by atomic mass is 9.89. The lowest BCUT2D eigenvalue weighted by Gasteiger charge is -2.22. The number of aryl methyl sites for hydroxylation is 2. The number of rotatable bonds is 4. The highest BCUT2D eigenvalue weighted by Crippen LogP contribution is 2.40. The van der Waals surface area contributed by atoms with Crippen LogP contribution in [0.3, 0.4) is 0 Å². The van der Waals surface area contributed by atoms with Crippen LogP contribution in [0, 0.1) is 11.7 Å². The highest BCUT2D eigenvalue weighted by atomic mass is 32.1. The normalized spacial score (nSPS) is 17.3. The van der Waals surface area contributed by atoms with Gasteiger partial charge in [0.15, 0.2) is 0 Å². The topological polar surface area (TPSA) is 55.6 Å². The summed E-state index contributed by atoms with van der Waals surface area (Å²) in [4.78, 5) is 16.0. The summed E-state index contributed by atoms with van der Waals surface area (Å²) in [6.45, 7) is 2.30. The van der Waals surface area contributed by atoms with Crippen molar-refractivity contribution in [3.05, 3.63) is 70.6 Å². The molecule has 4 aromatic rings. The Kier molecular flexibility index (Phi) is 4.54. The summed E-state index contributed by atoms with van der Waals surface area (Å²) in [6.07, 6.45) is 8.48. The molecule has 3 aromatic heterocycles. The first-order valence-electron chi connectivity index (χ1n) is 9.85. The van der Waals surface area contributed by atoms with Crippen LogP contribution in [0.2, 0.25) is 0 Å². The molecular formula is C22H22FN5S.